The molecule has 29 heavy (non-hydrogen) atoms. The molecule has 2 amide bonds. The van der Waals surface area contributed by atoms with Gasteiger partial charge in [0.2, 0.25) is 5.91 Å². The maximum atomic E-state index is 12.8. The normalized spacial score (nSPS) is 15.5. The third-order valence-corrected chi connectivity index (χ3v) is 4.87. The second-order valence-electron chi connectivity index (χ2n) is 7.17. The molecule has 0 fully saturated rings. The number of fused-ring (bicyclic) bond motifs is 1. The number of non-ortho nitro benzene ring substituents is 1. The maximum absolute atomic E-state index is 12.8. The van der Waals surface area contributed by atoms with Crippen LogP contribution >= 0.6 is 0 Å². The van der Waals surface area contributed by atoms with Crippen LogP contribution in [0.2, 0.25) is 0 Å². The van der Waals surface area contributed by atoms with Crippen LogP contribution in [-0.4, -0.2) is 29.4 Å². The molecule has 1 heterocycles. The molecule has 0 bridgehead atoms. The summed E-state index contributed by atoms with van der Waals surface area (Å²) >= 11 is 0. The first kappa shape index (κ1) is 20.3. The average molecular weight is 397 g/mol. The molecule has 1 atom stereocenters. The summed E-state index contributed by atoms with van der Waals surface area (Å²) in [5.74, 6) is -0.437. The largest absolute Gasteiger partial charge is 0.478 e. The summed E-state index contributed by atoms with van der Waals surface area (Å²) in [6.45, 7) is 7.32. The molecule has 2 aromatic carbocycles. The Balaban J connectivity index is 1.91. The van der Waals surface area contributed by atoms with Crippen molar-refractivity contribution in [3.05, 3.63) is 57.1 Å². The number of carbonyl (C=O) groups is 2. The monoisotopic (exact) mass is 397 g/mol. The van der Waals surface area contributed by atoms with Gasteiger partial charge in [-0.3, -0.25) is 24.6 Å². The first-order valence-corrected chi connectivity index (χ1v) is 9.35. The summed E-state index contributed by atoms with van der Waals surface area (Å²) in [6.07, 6.45) is -0.316. The van der Waals surface area contributed by atoms with Crippen molar-refractivity contribution >= 4 is 28.9 Å². The van der Waals surface area contributed by atoms with E-state index in [1.165, 1.54) is 23.1 Å². The van der Waals surface area contributed by atoms with Gasteiger partial charge in [0.25, 0.3) is 11.6 Å². The van der Waals surface area contributed by atoms with Gasteiger partial charge >= 0.3 is 0 Å². The molecule has 1 unspecified atom stereocenters. The number of carbonyl (C=O) groups excluding carboxylic acids is 2. The van der Waals surface area contributed by atoms with Crippen LogP contribution in [0.1, 0.15) is 30.0 Å². The van der Waals surface area contributed by atoms with Gasteiger partial charge in [0.05, 0.1) is 10.6 Å². The minimum Gasteiger partial charge on any atom is -0.478 e. The number of nitro groups is 1. The minimum absolute atomic E-state index is 0.175. The lowest BCUT2D eigenvalue weighted by atomic mass is 10.1. The molecule has 0 radical (unpaired) electrons. The number of ether oxygens (including phenoxy) is 1. The van der Waals surface area contributed by atoms with Gasteiger partial charge in [0.1, 0.15) is 12.3 Å². The Morgan fingerprint density at radius 2 is 1.86 bits per heavy atom. The number of hydrogen-bond donors (Lipinski definition) is 1. The van der Waals surface area contributed by atoms with E-state index in [9.17, 15) is 19.7 Å². The van der Waals surface area contributed by atoms with E-state index in [2.05, 4.69) is 5.32 Å². The molecule has 0 aliphatic carbocycles. The molecule has 1 aliphatic rings. The Morgan fingerprint density at radius 1 is 1.21 bits per heavy atom. The van der Waals surface area contributed by atoms with E-state index in [0.717, 1.165) is 16.7 Å². The SMILES string of the molecule is CCC1Oc2ccc([N+](=O)[O-])cc2N(CC(=O)Nc2c(C)cc(C)cc2C)C1=O. The number of hydrogen-bond acceptors (Lipinski definition) is 5. The third-order valence-electron chi connectivity index (χ3n) is 4.87. The number of benzene rings is 2. The lowest BCUT2D eigenvalue weighted by molar-refractivity contribution is -0.384. The predicted molar refractivity (Wildman–Crippen MR) is 109 cm³/mol. The highest BCUT2D eigenvalue weighted by atomic mass is 16.6. The van der Waals surface area contributed by atoms with Gasteiger partial charge in [-0.25, -0.2) is 0 Å². The zero-order chi connectivity index (χ0) is 21.3. The molecular formula is C21H23N3O5. The Bertz CT molecular complexity index is 979. The molecule has 8 nitrogen and oxygen atoms in total. The Labute approximate surface area is 168 Å². The van der Waals surface area contributed by atoms with E-state index in [1.54, 1.807) is 6.92 Å². The fraction of sp³-hybridized carbons (Fsp3) is 0.333. The molecular weight excluding hydrogens is 374 g/mol. The van der Waals surface area contributed by atoms with Crippen molar-refractivity contribution in [2.45, 2.75) is 40.2 Å². The Kier molecular flexibility index (Phi) is 5.54. The lowest BCUT2D eigenvalue weighted by Gasteiger charge is -2.33. The summed E-state index contributed by atoms with van der Waals surface area (Å²) < 4.78 is 5.66. The van der Waals surface area contributed by atoms with Crippen LogP contribution in [0.15, 0.2) is 30.3 Å². The van der Waals surface area contributed by atoms with Gasteiger partial charge in [-0.15, -0.1) is 0 Å². The number of aryl methyl sites for hydroxylation is 3. The number of anilines is 2. The minimum atomic E-state index is -0.736. The summed E-state index contributed by atoms with van der Waals surface area (Å²) in [6, 6.07) is 7.97. The van der Waals surface area contributed by atoms with E-state index in [4.69, 9.17) is 4.74 Å². The number of nitrogens with zero attached hydrogens (tertiary/aromatic N) is 2. The molecule has 1 N–H and O–H groups in total. The summed E-state index contributed by atoms with van der Waals surface area (Å²) in [5, 5.41) is 14.0. The number of amides is 2. The fourth-order valence-electron chi connectivity index (χ4n) is 3.55. The fourth-order valence-corrected chi connectivity index (χ4v) is 3.55. The van der Waals surface area contributed by atoms with E-state index in [0.29, 0.717) is 17.9 Å². The number of rotatable bonds is 5. The second kappa shape index (κ2) is 7.90. The van der Waals surface area contributed by atoms with E-state index in [1.807, 2.05) is 32.9 Å². The zero-order valence-electron chi connectivity index (χ0n) is 16.8. The lowest BCUT2D eigenvalue weighted by Crippen LogP contribution is -2.48. The molecule has 152 valence electrons. The second-order valence-corrected chi connectivity index (χ2v) is 7.17. The highest BCUT2D eigenvalue weighted by Gasteiger charge is 2.35. The first-order chi connectivity index (χ1) is 13.7. The van der Waals surface area contributed by atoms with Crippen LogP contribution < -0.4 is 15.0 Å². The first-order valence-electron chi connectivity index (χ1n) is 9.35. The van der Waals surface area contributed by atoms with Gasteiger partial charge in [-0.2, -0.15) is 0 Å². The number of nitro benzene ring substituents is 1. The van der Waals surface area contributed by atoms with Crippen molar-refractivity contribution in [3.63, 3.8) is 0 Å². The molecule has 3 rings (SSSR count). The maximum Gasteiger partial charge on any atom is 0.271 e. The highest BCUT2D eigenvalue weighted by molar-refractivity contribution is 6.06. The van der Waals surface area contributed by atoms with Crippen molar-refractivity contribution < 1.29 is 19.2 Å². The molecule has 0 saturated heterocycles. The van der Waals surface area contributed by atoms with Crippen molar-refractivity contribution in [1.29, 1.82) is 0 Å². The van der Waals surface area contributed by atoms with Crippen LogP contribution in [0.25, 0.3) is 0 Å². The smallest absolute Gasteiger partial charge is 0.271 e. The molecule has 8 heteroatoms. The van der Waals surface area contributed by atoms with Crippen LogP contribution in [0.5, 0.6) is 5.75 Å². The van der Waals surface area contributed by atoms with Gasteiger partial charge in [-0.1, -0.05) is 24.6 Å². The zero-order valence-corrected chi connectivity index (χ0v) is 16.8. The molecule has 0 saturated carbocycles. The average Bonchev–Trinajstić information content (AvgIpc) is 2.66. The molecule has 1 aliphatic heterocycles. The number of nitrogens with one attached hydrogen (secondary N) is 1. The van der Waals surface area contributed by atoms with E-state index in [-0.39, 0.29) is 23.8 Å². The van der Waals surface area contributed by atoms with Gasteiger partial charge in [0.15, 0.2) is 6.10 Å². The van der Waals surface area contributed by atoms with Crippen molar-refractivity contribution in [2.75, 3.05) is 16.8 Å². The quantitative estimate of drug-likeness (QED) is 0.613. The van der Waals surface area contributed by atoms with Crippen molar-refractivity contribution in [3.8, 4) is 5.75 Å². The third kappa shape index (κ3) is 4.06. The van der Waals surface area contributed by atoms with Crippen molar-refractivity contribution in [1.82, 2.24) is 0 Å². The Hall–Kier alpha value is -3.42. The molecule has 2 aromatic rings. The van der Waals surface area contributed by atoms with Crippen molar-refractivity contribution in [2.24, 2.45) is 0 Å². The molecule has 0 spiro atoms. The van der Waals surface area contributed by atoms with Crippen LogP contribution in [0.3, 0.4) is 0 Å². The predicted octanol–water partition coefficient (Wildman–Crippen LogP) is 3.66. The summed E-state index contributed by atoms with van der Waals surface area (Å²) in [5.41, 5.74) is 3.69. The standard InChI is InChI=1S/C21H23N3O5/c1-5-17-21(26)23(16-10-15(24(27)28)6-7-18(16)29-17)11-19(25)22-20-13(3)8-12(2)9-14(20)4/h6-10,17H,5,11H2,1-4H3,(H,22,25). The topological polar surface area (TPSA) is 102 Å². The van der Waals surface area contributed by atoms with Crippen LogP contribution in [0, 0.1) is 30.9 Å². The van der Waals surface area contributed by atoms with E-state index >= 15 is 0 Å². The summed E-state index contributed by atoms with van der Waals surface area (Å²) in [7, 11) is 0. The van der Waals surface area contributed by atoms with Gasteiger partial charge in [-0.05, 0) is 44.4 Å². The van der Waals surface area contributed by atoms with Gasteiger partial charge in [0, 0.05) is 17.8 Å². The van der Waals surface area contributed by atoms with E-state index < -0.39 is 16.9 Å². The van der Waals surface area contributed by atoms with Crippen LogP contribution in [0.4, 0.5) is 17.1 Å². The van der Waals surface area contributed by atoms with Gasteiger partial charge < -0.3 is 10.1 Å². The molecule has 0 aromatic heterocycles. The Morgan fingerprint density at radius 3 is 2.45 bits per heavy atom. The highest BCUT2D eigenvalue weighted by Crippen LogP contribution is 2.37. The van der Waals surface area contributed by atoms with Crippen LogP contribution in [-0.2, 0) is 9.59 Å². The summed E-state index contributed by atoms with van der Waals surface area (Å²) in [4.78, 5) is 37.4.